The van der Waals surface area contributed by atoms with Crippen LogP contribution in [0.4, 0.5) is 0 Å². The van der Waals surface area contributed by atoms with Gasteiger partial charge in [0.15, 0.2) is 0 Å². The first kappa shape index (κ1) is 17.9. The summed E-state index contributed by atoms with van der Waals surface area (Å²) >= 11 is 8.03. The summed E-state index contributed by atoms with van der Waals surface area (Å²) in [6.45, 7) is -0.0370. The zero-order valence-electron chi connectivity index (χ0n) is 5.91. The van der Waals surface area contributed by atoms with Crippen molar-refractivity contribution in [2.45, 2.75) is 0 Å². The van der Waals surface area contributed by atoms with Crippen LogP contribution in [0.1, 0.15) is 0 Å². The van der Waals surface area contributed by atoms with Crippen molar-refractivity contribution in [1.82, 2.24) is 0 Å². The first-order valence-electron chi connectivity index (χ1n) is 2.34. The molecule has 0 aromatic rings. The third-order valence-corrected chi connectivity index (χ3v) is 0.667. The molecule has 0 amide bonds. The van der Waals surface area contributed by atoms with Crippen LogP contribution in [-0.4, -0.2) is 60.9 Å². The molecule has 60 valence electrons. The number of hydrogen-bond donors (Lipinski definition) is 2. The zero-order valence-corrected chi connectivity index (χ0v) is 9.75. The summed E-state index contributed by atoms with van der Waals surface area (Å²) in [5, 5.41) is 18.2. The quantitative estimate of drug-likeness (QED) is 0.377. The number of nitrogens with two attached hydrogens (primary N) is 2. The molecule has 4 N–H and O–H groups in total. The average molecular weight is 220 g/mol. The van der Waals surface area contributed by atoms with Crippen molar-refractivity contribution < 1.29 is 10.2 Å². The summed E-state index contributed by atoms with van der Waals surface area (Å²) in [4.78, 5) is 0. The van der Waals surface area contributed by atoms with Crippen molar-refractivity contribution in [1.29, 1.82) is 0 Å². The fraction of sp³-hybridized carbons (Fsp3) is 0.500. The van der Waals surface area contributed by atoms with Crippen LogP contribution in [0, 0.1) is 0 Å². The molecule has 0 bridgehead atoms. The second-order valence-electron chi connectivity index (χ2n) is 1.15. The minimum atomic E-state index is -0.384. The zero-order chi connectivity index (χ0) is 8.57. The maximum atomic E-state index is 9.50. The summed E-state index contributed by atoms with van der Waals surface area (Å²) in [5.41, 5.74) is 9.44. The van der Waals surface area contributed by atoms with Gasteiger partial charge in [0.1, 0.15) is 0 Å². The van der Waals surface area contributed by atoms with Crippen LogP contribution in [0.5, 0.6) is 0 Å². The minimum Gasteiger partial charge on any atom is -0.867 e. The summed E-state index contributed by atoms with van der Waals surface area (Å²) in [6, 6.07) is 0. The normalized spacial score (nSPS) is 6.73. The summed E-state index contributed by atoms with van der Waals surface area (Å²) in [6.07, 6.45) is 0. The monoisotopic (exact) mass is 220 g/mol. The fourth-order valence-electron chi connectivity index (χ4n) is 0. The van der Waals surface area contributed by atoms with Gasteiger partial charge < -0.3 is 21.7 Å². The SMILES string of the molecule is NCC([O-])=S.NCC([O-])=S.[Ca+2]. The van der Waals surface area contributed by atoms with Gasteiger partial charge in [0.05, 0.1) is 0 Å². The van der Waals surface area contributed by atoms with Crippen LogP contribution in [0.3, 0.4) is 0 Å². The average Bonchev–Trinajstić information content (AvgIpc) is 1.89. The number of thiocarbonyl (C=S) groups is 2. The smallest absolute Gasteiger partial charge is 0.867 e. The van der Waals surface area contributed by atoms with E-state index in [4.69, 9.17) is 11.5 Å². The molecule has 0 aromatic heterocycles. The molecule has 11 heavy (non-hydrogen) atoms. The molecule has 0 heterocycles. The van der Waals surface area contributed by atoms with Gasteiger partial charge in [-0.3, -0.25) is 0 Å². The Balaban J connectivity index is -0.000000107. The third-order valence-electron chi connectivity index (χ3n) is 0.333. The molecule has 0 fully saturated rings. The standard InChI is InChI=1S/2C2H5NOS.Ca/c2*3-1-2(4)5;/h2*1,3H2,(H,4,5);/q;;+2/p-2. The van der Waals surface area contributed by atoms with Crippen molar-refractivity contribution in [3.05, 3.63) is 0 Å². The van der Waals surface area contributed by atoms with Crippen LogP contribution in [-0.2, 0) is 0 Å². The van der Waals surface area contributed by atoms with Gasteiger partial charge in [-0.1, -0.05) is 10.1 Å². The summed E-state index contributed by atoms with van der Waals surface area (Å²) in [7, 11) is 0. The van der Waals surface area contributed by atoms with E-state index in [1.165, 1.54) is 0 Å². The van der Waals surface area contributed by atoms with Gasteiger partial charge in [-0.25, -0.2) is 0 Å². The second kappa shape index (κ2) is 13.5. The topological polar surface area (TPSA) is 98.2 Å². The van der Waals surface area contributed by atoms with Gasteiger partial charge in [0.25, 0.3) is 0 Å². The molecule has 0 aromatic carbocycles. The van der Waals surface area contributed by atoms with Gasteiger partial charge in [0, 0.05) is 13.1 Å². The molecule has 0 spiro atoms. The van der Waals surface area contributed by atoms with Gasteiger partial charge in [-0.2, -0.15) is 0 Å². The van der Waals surface area contributed by atoms with Crippen molar-refractivity contribution in [3.63, 3.8) is 0 Å². The van der Waals surface area contributed by atoms with E-state index in [0.717, 1.165) is 0 Å². The van der Waals surface area contributed by atoms with Crippen LogP contribution >= 0.6 is 24.4 Å². The van der Waals surface area contributed by atoms with Crippen molar-refractivity contribution >= 4 is 72.3 Å². The van der Waals surface area contributed by atoms with Crippen LogP contribution in [0.2, 0.25) is 0 Å². The Morgan fingerprint density at radius 1 is 1.00 bits per heavy atom. The number of rotatable bonds is 2. The van der Waals surface area contributed by atoms with E-state index in [1.54, 1.807) is 0 Å². The predicted octanol–water partition coefficient (Wildman–Crippen LogP) is -3.12. The molecule has 0 saturated heterocycles. The minimum absolute atomic E-state index is 0. The van der Waals surface area contributed by atoms with E-state index in [-0.39, 0.29) is 60.9 Å². The van der Waals surface area contributed by atoms with E-state index in [0.29, 0.717) is 0 Å². The summed E-state index contributed by atoms with van der Waals surface area (Å²) < 4.78 is 0. The maximum Gasteiger partial charge on any atom is 2.00 e. The van der Waals surface area contributed by atoms with Crippen LogP contribution in [0.25, 0.3) is 0 Å². The van der Waals surface area contributed by atoms with E-state index in [1.807, 2.05) is 0 Å². The molecule has 4 nitrogen and oxygen atoms in total. The third kappa shape index (κ3) is 35.8. The molecule has 0 aliphatic heterocycles. The largest absolute Gasteiger partial charge is 2.00 e. The predicted molar refractivity (Wildman–Crippen MR) is 49.1 cm³/mol. The van der Waals surface area contributed by atoms with Gasteiger partial charge in [0.2, 0.25) is 0 Å². The first-order valence-corrected chi connectivity index (χ1v) is 3.16. The molecule has 7 heteroatoms. The first-order chi connectivity index (χ1) is 4.54. The van der Waals surface area contributed by atoms with Gasteiger partial charge in [-0.15, -0.1) is 24.4 Å². The second-order valence-corrected chi connectivity index (χ2v) is 2.06. The molecule has 0 unspecified atom stereocenters. The molecule has 0 aliphatic rings. The molecular weight excluding hydrogens is 212 g/mol. The van der Waals surface area contributed by atoms with Crippen molar-refractivity contribution in [2.24, 2.45) is 11.5 Å². The fourth-order valence-corrected chi connectivity index (χ4v) is 0. The number of hydrogen-bond acceptors (Lipinski definition) is 6. The van der Waals surface area contributed by atoms with E-state index < -0.39 is 0 Å². The van der Waals surface area contributed by atoms with E-state index in [2.05, 4.69) is 24.4 Å². The molecule has 0 atom stereocenters. The Bertz CT molecular complexity index is 109. The molecule has 0 aliphatic carbocycles. The Labute approximate surface area is 106 Å². The van der Waals surface area contributed by atoms with Gasteiger partial charge >= 0.3 is 37.7 Å². The Morgan fingerprint density at radius 2 is 1.09 bits per heavy atom. The van der Waals surface area contributed by atoms with Crippen molar-refractivity contribution in [3.8, 4) is 0 Å². The Morgan fingerprint density at radius 3 is 1.09 bits per heavy atom. The summed E-state index contributed by atoms with van der Waals surface area (Å²) in [5.74, 6) is 0. The van der Waals surface area contributed by atoms with Crippen LogP contribution < -0.4 is 21.7 Å². The maximum absolute atomic E-state index is 9.50. The molecular formula is C4H8CaN2O2S2. The Hall–Kier alpha value is 0.960. The van der Waals surface area contributed by atoms with Crippen molar-refractivity contribution in [2.75, 3.05) is 13.1 Å². The Kier molecular flexibility index (Phi) is 22.0. The molecule has 0 saturated carbocycles. The molecule has 0 radical (unpaired) electrons. The van der Waals surface area contributed by atoms with E-state index >= 15 is 0 Å². The van der Waals surface area contributed by atoms with E-state index in [9.17, 15) is 10.2 Å². The molecule has 0 rings (SSSR count). The van der Waals surface area contributed by atoms with Crippen LogP contribution in [0.15, 0.2) is 0 Å². The van der Waals surface area contributed by atoms with Gasteiger partial charge in [-0.05, 0) is 0 Å².